The predicted molar refractivity (Wildman–Crippen MR) is 112 cm³/mol. The highest BCUT2D eigenvalue weighted by Crippen LogP contribution is 2.11. The number of carbonyl (C=O) groups is 1. The van der Waals surface area contributed by atoms with Gasteiger partial charge < -0.3 is 15.4 Å². The van der Waals surface area contributed by atoms with Crippen molar-refractivity contribution in [1.29, 1.82) is 0 Å². The van der Waals surface area contributed by atoms with Crippen molar-refractivity contribution in [2.24, 2.45) is 0 Å². The normalized spacial score (nSPS) is 9.75. The number of methoxy groups -OCH3 is 1. The van der Waals surface area contributed by atoms with E-state index >= 15 is 0 Å². The number of nitrogens with one attached hydrogen (secondary N) is 2. The zero-order valence-corrected chi connectivity index (χ0v) is 15.7. The zero-order valence-electron chi connectivity index (χ0n) is 15.7. The Hall–Kier alpha value is -3.71. The molecule has 2 N–H and O–H groups in total. The summed E-state index contributed by atoms with van der Waals surface area (Å²) < 4.78 is 5.13. The molecule has 0 aliphatic rings. The van der Waals surface area contributed by atoms with Gasteiger partial charge in [-0.2, -0.15) is 0 Å². The number of amides is 1. The van der Waals surface area contributed by atoms with Crippen LogP contribution in [0, 0.1) is 11.8 Å². The smallest absolute Gasteiger partial charge is 0.239 e. The number of anilines is 1. The SMILES string of the molecule is COc1ccc(CNC(=O)CNc2cccc(C#Cc3ccccc3)c2)cc1. The van der Waals surface area contributed by atoms with E-state index in [-0.39, 0.29) is 12.5 Å². The van der Waals surface area contributed by atoms with Crippen molar-refractivity contribution in [3.8, 4) is 17.6 Å². The number of carbonyl (C=O) groups excluding carboxylic acids is 1. The van der Waals surface area contributed by atoms with Crippen molar-refractivity contribution in [1.82, 2.24) is 5.32 Å². The van der Waals surface area contributed by atoms with Crippen molar-refractivity contribution in [3.63, 3.8) is 0 Å². The lowest BCUT2D eigenvalue weighted by Crippen LogP contribution is -2.29. The number of hydrogen-bond acceptors (Lipinski definition) is 3. The summed E-state index contributed by atoms with van der Waals surface area (Å²) in [6.45, 7) is 0.679. The summed E-state index contributed by atoms with van der Waals surface area (Å²) in [5, 5.41) is 6.04. The molecule has 0 aromatic heterocycles. The van der Waals surface area contributed by atoms with Gasteiger partial charge in [-0.05, 0) is 48.0 Å². The molecule has 4 heteroatoms. The van der Waals surface area contributed by atoms with Crippen molar-refractivity contribution < 1.29 is 9.53 Å². The van der Waals surface area contributed by atoms with Crippen LogP contribution in [0.5, 0.6) is 5.75 Å². The predicted octanol–water partition coefficient (Wildman–Crippen LogP) is 3.82. The lowest BCUT2D eigenvalue weighted by Gasteiger charge is -2.09. The molecule has 0 saturated heterocycles. The van der Waals surface area contributed by atoms with Gasteiger partial charge in [0.1, 0.15) is 5.75 Å². The molecule has 0 saturated carbocycles. The molecular formula is C24H22N2O2. The molecule has 0 fully saturated rings. The first-order chi connectivity index (χ1) is 13.7. The van der Waals surface area contributed by atoms with E-state index in [4.69, 9.17) is 4.74 Å². The summed E-state index contributed by atoms with van der Waals surface area (Å²) in [7, 11) is 1.63. The standard InChI is InChI=1S/C24H22N2O2/c1-28-23-14-12-21(13-15-23)17-26-24(27)18-25-22-9-5-8-20(16-22)11-10-19-6-3-2-4-7-19/h2-9,12-16,25H,17-18H2,1H3,(H,26,27). The summed E-state index contributed by atoms with van der Waals surface area (Å²) in [4.78, 5) is 12.1. The number of ether oxygens (including phenoxy) is 1. The number of rotatable bonds is 6. The molecule has 3 rings (SSSR count). The number of benzene rings is 3. The average Bonchev–Trinajstić information content (AvgIpc) is 2.76. The Bertz CT molecular complexity index is 971. The quantitative estimate of drug-likeness (QED) is 0.649. The monoisotopic (exact) mass is 370 g/mol. The fraction of sp³-hybridized carbons (Fsp3) is 0.125. The third kappa shape index (κ3) is 5.93. The molecule has 3 aromatic rings. The fourth-order valence-electron chi connectivity index (χ4n) is 2.56. The van der Waals surface area contributed by atoms with Gasteiger partial charge in [-0.15, -0.1) is 0 Å². The Morgan fingerprint density at radius 3 is 2.36 bits per heavy atom. The van der Waals surface area contributed by atoms with Crippen molar-refractivity contribution in [2.45, 2.75) is 6.54 Å². The van der Waals surface area contributed by atoms with E-state index in [1.54, 1.807) is 7.11 Å². The molecule has 0 atom stereocenters. The number of hydrogen-bond donors (Lipinski definition) is 2. The van der Waals surface area contributed by atoms with Crippen LogP contribution in [-0.2, 0) is 11.3 Å². The van der Waals surface area contributed by atoms with Crippen LogP contribution in [0.3, 0.4) is 0 Å². The van der Waals surface area contributed by atoms with Crippen LogP contribution in [0.15, 0.2) is 78.9 Å². The fourth-order valence-corrected chi connectivity index (χ4v) is 2.56. The van der Waals surface area contributed by atoms with E-state index in [2.05, 4.69) is 22.5 Å². The van der Waals surface area contributed by atoms with Gasteiger partial charge in [-0.25, -0.2) is 0 Å². The van der Waals surface area contributed by atoms with Crippen LogP contribution in [-0.4, -0.2) is 19.6 Å². The molecule has 0 bridgehead atoms. The molecule has 0 heterocycles. The maximum atomic E-state index is 12.1. The minimum atomic E-state index is -0.0726. The van der Waals surface area contributed by atoms with Crippen molar-refractivity contribution in [3.05, 3.63) is 95.6 Å². The summed E-state index contributed by atoms with van der Waals surface area (Å²) in [5.74, 6) is 7.00. The van der Waals surface area contributed by atoms with Crippen LogP contribution >= 0.6 is 0 Å². The minimum absolute atomic E-state index is 0.0726. The highest BCUT2D eigenvalue weighted by Gasteiger charge is 2.02. The highest BCUT2D eigenvalue weighted by molar-refractivity contribution is 5.80. The van der Waals surface area contributed by atoms with Crippen LogP contribution in [0.2, 0.25) is 0 Å². The van der Waals surface area contributed by atoms with E-state index in [1.165, 1.54) is 0 Å². The Kier molecular flexibility index (Phi) is 6.70. The Morgan fingerprint density at radius 2 is 1.61 bits per heavy atom. The first-order valence-corrected chi connectivity index (χ1v) is 9.03. The second kappa shape index (κ2) is 9.84. The highest BCUT2D eigenvalue weighted by atomic mass is 16.5. The molecule has 0 radical (unpaired) electrons. The van der Waals surface area contributed by atoms with Crippen molar-refractivity contribution >= 4 is 11.6 Å². The summed E-state index contributed by atoms with van der Waals surface area (Å²) in [5.41, 5.74) is 3.75. The Labute approximate surface area is 165 Å². The van der Waals surface area contributed by atoms with Crippen LogP contribution in [0.4, 0.5) is 5.69 Å². The van der Waals surface area contributed by atoms with E-state index in [9.17, 15) is 4.79 Å². The van der Waals surface area contributed by atoms with E-state index in [0.717, 1.165) is 28.1 Å². The molecule has 0 aliphatic carbocycles. The molecule has 140 valence electrons. The van der Waals surface area contributed by atoms with Gasteiger partial charge in [-0.3, -0.25) is 4.79 Å². The van der Waals surface area contributed by atoms with Gasteiger partial charge in [0, 0.05) is 23.4 Å². The molecule has 0 spiro atoms. The van der Waals surface area contributed by atoms with Gasteiger partial charge in [0.25, 0.3) is 0 Å². The van der Waals surface area contributed by atoms with Gasteiger partial charge >= 0.3 is 0 Å². The summed E-state index contributed by atoms with van der Waals surface area (Å²) in [6.07, 6.45) is 0. The molecule has 0 aliphatic heterocycles. The third-order valence-electron chi connectivity index (χ3n) is 4.09. The second-order valence-corrected chi connectivity index (χ2v) is 6.18. The minimum Gasteiger partial charge on any atom is -0.497 e. The van der Waals surface area contributed by atoms with Gasteiger partial charge in [0.15, 0.2) is 0 Å². The molecule has 3 aromatic carbocycles. The van der Waals surface area contributed by atoms with Gasteiger partial charge in [-0.1, -0.05) is 48.2 Å². The summed E-state index contributed by atoms with van der Waals surface area (Å²) >= 11 is 0. The average molecular weight is 370 g/mol. The molecule has 4 nitrogen and oxygen atoms in total. The van der Waals surface area contributed by atoms with Crippen LogP contribution < -0.4 is 15.4 Å². The lowest BCUT2D eigenvalue weighted by molar-refractivity contribution is -0.119. The molecule has 1 amide bonds. The Morgan fingerprint density at radius 1 is 0.893 bits per heavy atom. The van der Waals surface area contributed by atoms with Crippen LogP contribution in [0.1, 0.15) is 16.7 Å². The van der Waals surface area contributed by atoms with E-state index in [0.29, 0.717) is 6.54 Å². The molecule has 0 unspecified atom stereocenters. The first-order valence-electron chi connectivity index (χ1n) is 9.03. The van der Waals surface area contributed by atoms with Gasteiger partial charge in [0.2, 0.25) is 5.91 Å². The summed E-state index contributed by atoms with van der Waals surface area (Å²) in [6, 6.07) is 25.2. The maximum Gasteiger partial charge on any atom is 0.239 e. The first kappa shape index (κ1) is 19.1. The topological polar surface area (TPSA) is 50.4 Å². The van der Waals surface area contributed by atoms with Crippen LogP contribution in [0.25, 0.3) is 0 Å². The second-order valence-electron chi connectivity index (χ2n) is 6.18. The zero-order chi connectivity index (χ0) is 19.6. The maximum absolute atomic E-state index is 12.1. The van der Waals surface area contributed by atoms with E-state index < -0.39 is 0 Å². The largest absolute Gasteiger partial charge is 0.497 e. The molecular weight excluding hydrogens is 348 g/mol. The van der Waals surface area contributed by atoms with Gasteiger partial charge in [0.05, 0.1) is 13.7 Å². The lowest BCUT2D eigenvalue weighted by atomic mass is 10.1. The third-order valence-corrected chi connectivity index (χ3v) is 4.09. The Balaban J connectivity index is 1.50. The molecule has 28 heavy (non-hydrogen) atoms. The van der Waals surface area contributed by atoms with Crippen molar-refractivity contribution in [2.75, 3.05) is 19.0 Å². The van der Waals surface area contributed by atoms with E-state index in [1.807, 2.05) is 78.9 Å².